The molecule has 1 amide bonds. The average molecular weight is 262 g/mol. The predicted octanol–water partition coefficient (Wildman–Crippen LogP) is 1.77. The van der Waals surface area contributed by atoms with Gasteiger partial charge in [-0.25, -0.2) is 0 Å². The molecule has 0 bridgehead atoms. The minimum atomic E-state index is -0.0849. The van der Waals surface area contributed by atoms with Crippen molar-refractivity contribution in [3.8, 4) is 5.75 Å². The molecule has 5 heteroatoms. The van der Waals surface area contributed by atoms with E-state index in [2.05, 4.69) is 5.32 Å². The van der Waals surface area contributed by atoms with Gasteiger partial charge < -0.3 is 10.1 Å². The van der Waals surface area contributed by atoms with Crippen LogP contribution in [0.1, 0.15) is 12.5 Å². The SMILES string of the molecule is CCN1C(=O)/C(=C/c2ccc(OC)cc2)NC1=S. The van der Waals surface area contributed by atoms with Crippen LogP contribution in [0, 0.1) is 0 Å². The number of hydrogen-bond acceptors (Lipinski definition) is 3. The van der Waals surface area contributed by atoms with Crippen LogP contribution in [0.5, 0.6) is 5.75 Å². The summed E-state index contributed by atoms with van der Waals surface area (Å²) in [5, 5.41) is 3.38. The molecule has 0 radical (unpaired) electrons. The van der Waals surface area contributed by atoms with Crippen LogP contribution >= 0.6 is 12.2 Å². The summed E-state index contributed by atoms with van der Waals surface area (Å²) in [6.45, 7) is 2.47. The van der Waals surface area contributed by atoms with E-state index in [4.69, 9.17) is 17.0 Å². The molecule has 1 fully saturated rings. The van der Waals surface area contributed by atoms with Crippen molar-refractivity contribution in [2.75, 3.05) is 13.7 Å². The predicted molar refractivity (Wildman–Crippen MR) is 74.1 cm³/mol. The monoisotopic (exact) mass is 262 g/mol. The molecule has 1 aromatic carbocycles. The fourth-order valence-electron chi connectivity index (χ4n) is 1.73. The van der Waals surface area contributed by atoms with Gasteiger partial charge in [-0.3, -0.25) is 9.69 Å². The number of amides is 1. The summed E-state index contributed by atoms with van der Waals surface area (Å²) < 4.78 is 5.08. The molecule has 4 nitrogen and oxygen atoms in total. The van der Waals surface area contributed by atoms with Crippen LogP contribution in [0.25, 0.3) is 6.08 Å². The van der Waals surface area contributed by atoms with E-state index in [9.17, 15) is 4.79 Å². The third kappa shape index (κ3) is 2.36. The molecule has 18 heavy (non-hydrogen) atoms. The van der Waals surface area contributed by atoms with Gasteiger partial charge in [-0.2, -0.15) is 0 Å². The number of likely N-dealkylation sites (N-methyl/N-ethyl adjacent to an activating group) is 1. The molecule has 2 rings (SSSR count). The summed E-state index contributed by atoms with van der Waals surface area (Å²) in [7, 11) is 1.62. The van der Waals surface area contributed by atoms with Crippen LogP contribution in [0.15, 0.2) is 30.0 Å². The van der Waals surface area contributed by atoms with E-state index in [1.54, 1.807) is 13.2 Å². The lowest BCUT2D eigenvalue weighted by atomic mass is 10.2. The van der Waals surface area contributed by atoms with Gasteiger partial charge in [-0.05, 0) is 42.9 Å². The minimum absolute atomic E-state index is 0.0849. The molecule has 0 unspecified atom stereocenters. The lowest BCUT2D eigenvalue weighted by Crippen LogP contribution is -2.30. The van der Waals surface area contributed by atoms with Crippen molar-refractivity contribution in [3.05, 3.63) is 35.5 Å². The molecule has 1 aliphatic rings. The normalized spacial score (nSPS) is 17.2. The van der Waals surface area contributed by atoms with Crippen molar-refractivity contribution >= 4 is 29.3 Å². The van der Waals surface area contributed by atoms with E-state index in [1.165, 1.54) is 4.90 Å². The third-order valence-electron chi connectivity index (χ3n) is 2.71. The van der Waals surface area contributed by atoms with Gasteiger partial charge in [0.25, 0.3) is 5.91 Å². The molecule has 1 aromatic rings. The molecule has 1 N–H and O–H groups in total. The van der Waals surface area contributed by atoms with E-state index in [0.717, 1.165) is 11.3 Å². The largest absolute Gasteiger partial charge is 0.497 e. The van der Waals surface area contributed by atoms with Crippen LogP contribution in [-0.2, 0) is 4.79 Å². The molecule has 1 saturated heterocycles. The number of rotatable bonds is 3. The van der Waals surface area contributed by atoms with Crippen LogP contribution < -0.4 is 10.1 Å². The first kappa shape index (κ1) is 12.6. The molecule has 0 aliphatic carbocycles. The Balaban J connectivity index is 2.23. The maximum absolute atomic E-state index is 12.0. The highest BCUT2D eigenvalue weighted by molar-refractivity contribution is 7.80. The summed E-state index contributed by atoms with van der Waals surface area (Å²) in [6, 6.07) is 7.47. The van der Waals surface area contributed by atoms with Crippen LogP contribution in [0.2, 0.25) is 0 Å². The maximum atomic E-state index is 12.0. The quantitative estimate of drug-likeness (QED) is 0.666. The first-order valence-electron chi connectivity index (χ1n) is 5.64. The lowest BCUT2D eigenvalue weighted by molar-refractivity contribution is -0.122. The molecule has 0 aromatic heterocycles. The topological polar surface area (TPSA) is 41.6 Å². The van der Waals surface area contributed by atoms with Crippen molar-refractivity contribution in [2.45, 2.75) is 6.92 Å². The zero-order valence-corrected chi connectivity index (χ0v) is 11.1. The Labute approximate surface area is 111 Å². The molecule has 1 heterocycles. The van der Waals surface area contributed by atoms with Gasteiger partial charge in [-0.1, -0.05) is 12.1 Å². The fourth-order valence-corrected chi connectivity index (χ4v) is 2.05. The smallest absolute Gasteiger partial charge is 0.276 e. The Morgan fingerprint density at radius 2 is 2.06 bits per heavy atom. The molecular weight excluding hydrogens is 248 g/mol. The third-order valence-corrected chi connectivity index (χ3v) is 3.03. The summed E-state index contributed by atoms with van der Waals surface area (Å²) in [5.74, 6) is 0.701. The van der Waals surface area contributed by atoms with Gasteiger partial charge in [-0.15, -0.1) is 0 Å². The van der Waals surface area contributed by atoms with E-state index >= 15 is 0 Å². The highest BCUT2D eigenvalue weighted by Crippen LogP contribution is 2.16. The number of hydrogen-bond donors (Lipinski definition) is 1. The minimum Gasteiger partial charge on any atom is -0.497 e. The first-order chi connectivity index (χ1) is 8.65. The van der Waals surface area contributed by atoms with Gasteiger partial charge in [0.2, 0.25) is 0 Å². The van der Waals surface area contributed by atoms with E-state index in [1.807, 2.05) is 31.2 Å². The number of benzene rings is 1. The molecule has 0 spiro atoms. The van der Waals surface area contributed by atoms with Crippen molar-refractivity contribution in [2.24, 2.45) is 0 Å². The highest BCUT2D eigenvalue weighted by atomic mass is 32.1. The summed E-state index contributed by atoms with van der Waals surface area (Å²) in [6.07, 6.45) is 1.78. The lowest BCUT2D eigenvalue weighted by Gasteiger charge is -2.08. The van der Waals surface area contributed by atoms with E-state index in [-0.39, 0.29) is 5.91 Å². The fraction of sp³-hybridized carbons (Fsp3) is 0.231. The number of ether oxygens (including phenoxy) is 1. The average Bonchev–Trinajstić information content (AvgIpc) is 2.65. The Morgan fingerprint density at radius 1 is 1.39 bits per heavy atom. The second-order valence-corrected chi connectivity index (χ2v) is 4.20. The van der Waals surface area contributed by atoms with Crippen molar-refractivity contribution < 1.29 is 9.53 Å². The second-order valence-electron chi connectivity index (χ2n) is 3.81. The number of carbonyl (C=O) groups excluding carboxylic acids is 1. The second kappa shape index (κ2) is 5.18. The number of methoxy groups -OCH3 is 1. The number of thiocarbonyl (C=S) groups is 1. The first-order valence-corrected chi connectivity index (χ1v) is 6.05. The summed E-state index contributed by atoms with van der Waals surface area (Å²) >= 11 is 5.08. The molecule has 94 valence electrons. The van der Waals surface area contributed by atoms with Crippen molar-refractivity contribution in [1.82, 2.24) is 10.2 Å². The zero-order valence-electron chi connectivity index (χ0n) is 10.3. The molecule has 0 saturated carbocycles. The van der Waals surface area contributed by atoms with E-state index in [0.29, 0.717) is 17.4 Å². The maximum Gasteiger partial charge on any atom is 0.276 e. The van der Waals surface area contributed by atoms with Crippen LogP contribution in [0.4, 0.5) is 0 Å². The number of carbonyl (C=O) groups is 1. The zero-order chi connectivity index (χ0) is 13.1. The molecule has 1 aliphatic heterocycles. The Hall–Kier alpha value is -1.88. The standard InChI is InChI=1S/C13H14N2O2S/c1-3-15-12(16)11(14-13(15)18)8-9-4-6-10(17-2)7-5-9/h4-8H,3H2,1-2H3,(H,14,18)/b11-8-. The van der Waals surface area contributed by atoms with Crippen molar-refractivity contribution in [3.63, 3.8) is 0 Å². The van der Waals surface area contributed by atoms with Gasteiger partial charge in [0.05, 0.1) is 7.11 Å². The molecular formula is C13H14N2O2S. The van der Waals surface area contributed by atoms with Crippen LogP contribution in [-0.4, -0.2) is 29.6 Å². The highest BCUT2D eigenvalue weighted by Gasteiger charge is 2.28. The van der Waals surface area contributed by atoms with Crippen LogP contribution in [0.3, 0.4) is 0 Å². The molecule has 0 atom stereocenters. The van der Waals surface area contributed by atoms with Gasteiger partial charge in [0, 0.05) is 6.54 Å². The summed E-state index contributed by atoms with van der Waals surface area (Å²) in [5.41, 5.74) is 1.43. The van der Waals surface area contributed by atoms with E-state index < -0.39 is 0 Å². The van der Waals surface area contributed by atoms with Gasteiger partial charge >= 0.3 is 0 Å². The Bertz CT molecular complexity index is 508. The number of nitrogens with zero attached hydrogens (tertiary/aromatic N) is 1. The Morgan fingerprint density at radius 3 is 2.56 bits per heavy atom. The van der Waals surface area contributed by atoms with Gasteiger partial charge in [0.15, 0.2) is 5.11 Å². The van der Waals surface area contributed by atoms with Gasteiger partial charge in [0.1, 0.15) is 11.4 Å². The summed E-state index contributed by atoms with van der Waals surface area (Å²) in [4.78, 5) is 13.5. The Kier molecular flexibility index (Phi) is 3.62. The number of nitrogens with one attached hydrogen (secondary N) is 1. The van der Waals surface area contributed by atoms with Crippen molar-refractivity contribution in [1.29, 1.82) is 0 Å².